The Kier molecular flexibility index (Phi) is 24.1. The standard InChI is InChI=1S/C6H6.C4H9B.2H2O/c1-2-4-6-5-3-1;1-2-3-4-5;;/h1-6H;2-4H2,1H3;2*1H2. The van der Waals surface area contributed by atoms with Gasteiger partial charge in [0.1, 0.15) is 0 Å². The van der Waals surface area contributed by atoms with Crippen LogP contribution in [0.25, 0.3) is 0 Å². The van der Waals surface area contributed by atoms with Crippen LogP contribution in [-0.4, -0.2) is 18.8 Å². The summed E-state index contributed by atoms with van der Waals surface area (Å²) in [6.45, 7) is 2.13. The first-order valence-electron chi connectivity index (χ1n) is 4.12. The molecule has 0 aromatic heterocycles. The maximum absolute atomic E-state index is 5.14. The molecule has 1 rings (SSSR count). The number of hydrogen-bond donors (Lipinski definition) is 0. The Morgan fingerprint density at radius 1 is 0.846 bits per heavy atom. The lowest BCUT2D eigenvalue weighted by Gasteiger charge is -1.79. The van der Waals surface area contributed by atoms with Crippen LogP contribution < -0.4 is 0 Å². The zero-order chi connectivity index (χ0) is 8.36. The Balaban J connectivity index is -0.000000136. The van der Waals surface area contributed by atoms with Gasteiger partial charge in [0, 0.05) is 0 Å². The summed E-state index contributed by atoms with van der Waals surface area (Å²) in [5.74, 6) is 0. The maximum atomic E-state index is 5.14. The van der Waals surface area contributed by atoms with Crippen LogP contribution in [-0.2, 0) is 0 Å². The van der Waals surface area contributed by atoms with E-state index in [0.717, 1.165) is 6.32 Å². The van der Waals surface area contributed by atoms with Crippen LogP contribution in [0.2, 0.25) is 6.32 Å². The summed E-state index contributed by atoms with van der Waals surface area (Å²) in [5, 5.41) is 0. The molecule has 0 atom stereocenters. The van der Waals surface area contributed by atoms with Crippen LogP contribution in [0.3, 0.4) is 0 Å². The van der Waals surface area contributed by atoms with E-state index >= 15 is 0 Å². The van der Waals surface area contributed by atoms with Gasteiger partial charge in [-0.1, -0.05) is 62.5 Å². The topological polar surface area (TPSA) is 63.0 Å². The number of rotatable bonds is 2. The minimum atomic E-state index is 0. The lowest BCUT2D eigenvalue weighted by atomic mass is 10.0. The van der Waals surface area contributed by atoms with Gasteiger partial charge < -0.3 is 11.0 Å². The molecule has 74 valence electrons. The van der Waals surface area contributed by atoms with E-state index in [4.69, 9.17) is 7.85 Å². The summed E-state index contributed by atoms with van der Waals surface area (Å²) in [7, 11) is 5.14. The molecule has 1 aromatic rings. The monoisotopic (exact) mass is 182 g/mol. The minimum absolute atomic E-state index is 0. The summed E-state index contributed by atoms with van der Waals surface area (Å²) in [4.78, 5) is 0. The summed E-state index contributed by atoms with van der Waals surface area (Å²) in [6.07, 6.45) is 3.23. The SMILES string of the molecule is O.O.[B]CCCC.c1ccccc1. The fourth-order valence-electron chi connectivity index (χ4n) is 0.589. The second-order valence-corrected chi connectivity index (χ2v) is 2.30. The smallest absolute Gasteiger partial charge is 0.0652 e. The van der Waals surface area contributed by atoms with Gasteiger partial charge in [0.15, 0.2) is 0 Å². The van der Waals surface area contributed by atoms with E-state index in [2.05, 4.69) is 6.92 Å². The fourth-order valence-corrected chi connectivity index (χ4v) is 0.589. The first-order chi connectivity index (χ1) is 5.41. The van der Waals surface area contributed by atoms with Crippen LogP contribution in [0.15, 0.2) is 36.4 Å². The highest BCUT2D eigenvalue weighted by Crippen LogP contribution is 1.86. The van der Waals surface area contributed by atoms with Gasteiger partial charge in [0.2, 0.25) is 0 Å². The van der Waals surface area contributed by atoms with Crippen molar-refractivity contribution in [1.82, 2.24) is 0 Å². The second-order valence-electron chi connectivity index (χ2n) is 2.30. The van der Waals surface area contributed by atoms with Gasteiger partial charge in [-0.15, -0.1) is 0 Å². The molecule has 2 nitrogen and oxygen atoms in total. The van der Waals surface area contributed by atoms with Crippen molar-refractivity contribution in [3.8, 4) is 0 Å². The van der Waals surface area contributed by atoms with E-state index in [1.165, 1.54) is 12.8 Å². The molecule has 0 spiro atoms. The normalized spacial score (nSPS) is 6.85. The van der Waals surface area contributed by atoms with E-state index < -0.39 is 0 Å². The molecule has 13 heavy (non-hydrogen) atoms. The Morgan fingerprint density at radius 2 is 1.15 bits per heavy atom. The molecule has 4 N–H and O–H groups in total. The molecule has 0 aliphatic heterocycles. The molecule has 0 aliphatic rings. The second kappa shape index (κ2) is 17.3. The summed E-state index contributed by atoms with van der Waals surface area (Å²) in [5.41, 5.74) is 0. The molecule has 3 heteroatoms. The fraction of sp³-hybridized carbons (Fsp3) is 0.400. The number of benzene rings is 1. The van der Waals surface area contributed by atoms with Gasteiger partial charge in [-0.05, 0) is 0 Å². The van der Waals surface area contributed by atoms with Crippen LogP contribution in [0, 0.1) is 0 Å². The van der Waals surface area contributed by atoms with Crippen LogP contribution in [0.5, 0.6) is 0 Å². The highest BCUT2D eigenvalue weighted by molar-refractivity contribution is 6.08. The summed E-state index contributed by atoms with van der Waals surface area (Å²) < 4.78 is 0. The Hall–Kier alpha value is -0.795. The third-order valence-electron chi connectivity index (χ3n) is 1.22. The van der Waals surface area contributed by atoms with Crippen molar-refractivity contribution < 1.29 is 11.0 Å². The molecule has 0 aliphatic carbocycles. The van der Waals surface area contributed by atoms with Crippen molar-refractivity contribution in [2.24, 2.45) is 0 Å². The largest absolute Gasteiger partial charge is 0.412 e. The van der Waals surface area contributed by atoms with Crippen molar-refractivity contribution in [3.05, 3.63) is 36.4 Å². The molecule has 0 unspecified atom stereocenters. The highest BCUT2D eigenvalue weighted by atomic mass is 16.0. The van der Waals surface area contributed by atoms with Crippen LogP contribution in [0.4, 0.5) is 0 Å². The molecule has 0 heterocycles. The zero-order valence-electron chi connectivity index (χ0n) is 8.16. The third kappa shape index (κ3) is 18.3. The van der Waals surface area contributed by atoms with Gasteiger partial charge in [-0.3, -0.25) is 0 Å². The van der Waals surface area contributed by atoms with Crippen LogP contribution in [0.1, 0.15) is 19.8 Å². The summed E-state index contributed by atoms with van der Waals surface area (Å²) in [6, 6.07) is 12.0. The van der Waals surface area contributed by atoms with Gasteiger partial charge in [0.05, 0.1) is 7.85 Å². The van der Waals surface area contributed by atoms with Crippen molar-refractivity contribution >= 4 is 7.85 Å². The Bertz CT molecular complexity index is 116. The molecule has 0 fully saturated rings. The van der Waals surface area contributed by atoms with Gasteiger partial charge in [0.25, 0.3) is 0 Å². The molecule has 0 amide bonds. The molecule has 0 saturated carbocycles. The molecular formula is C10H19BO2. The van der Waals surface area contributed by atoms with Gasteiger partial charge >= 0.3 is 0 Å². The molecule has 2 radical (unpaired) electrons. The van der Waals surface area contributed by atoms with E-state index in [9.17, 15) is 0 Å². The van der Waals surface area contributed by atoms with Crippen LogP contribution >= 0.6 is 0 Å². The average Bonchev–Trinajstić information content (AvgIpc) is 2.10. The predicted molar refractivity (Wildman–Crippen MR) is 59.1 cm³/mol. The van der Waals surface area contributed by atoms with E-state index in [1.807, 2.05) is 36.4 Å². The lowest BCUT2D eigenvalue weighted by molar-refractivity contribution is 0.823. The van der Waals surface area contributed by atoms with E-state index in [0.29, 0.717) is 0 Å². The van der Waals surface area contributed by atoms with Crippen molar-refractivity contribution in [2.75, 3.05) is 0 Å². The highest BCUT2D eigenvalue weighted by Gasteiger charge is 1.68. The van der Waals surface area contributed by atoms with Crippen molar-refractivity contribution in [2.45, 2.75) is 26.1 Å². The van der Waals surface area contributed by atoms with Gasteiger partial charge in [-0.25, -0.2) is 0 Å². The minimum Gasteiger partial charge on any atom is -0.412 e. The first kappa shape index (κ1) is 18.1. The first-order valence-corrected chi connectivity index (χ1v) is 4.12. The molecule has 0 saturated heterocycles. The van der Waals surface area contributed by atoms with E-state index in [-0.39, 0.29) is 11.0 Å². The molecular weight excluding hydrogens is 163 g/mol. The van der Waals surface area contributed by atoms with Gasteiger partial charge in [-0.2, -0.15) is 0 Å². The molecule has 1 aromatic carbocycles. The lowest BCUT2D eigenvalue weighted by Crippen LogP contribution is -1.63. The third-order valence-corrected chi connectivity index (χ3v) is 1.22. The zero-order valence-corrected chi connectivity index (χ0v) is 8.16. The Morgan fingerprint density at radius 3 is 1.23 bits per heavy atom. The summed E-state index contributed by atoms with van der Waals surface area (Å²) >= 11 is 0. The quantitative estimate of drug-likeness (QED) is 0.620. The number of unbranched alkanes of at least 4 members (excludes halogenated alkanes) is 1. The Labute approximate surface area is 82.0 Å². The predicted octanol–water partition coefficient (Wildman–Crippen LogP) is 1.41. The number of hydrogen-bond acceptors (Lipinski definition) is 0. The molecule has 0 bridgehead atoms. The van der Waals surface area contributed by atoms with Crippen molar-refractivity contribution in [1.29, 1.82) is 0 Å². The van der Waals surface area contributed by atoms with E-state index in [1.54, 1.807) is 0 Å². The van der Waals surface area contributed by atoms with Crippen molar-refractivity contribution in [3.63, 3.8) is 0 Å². The average molecular weight is 182 g/mol. The maximum Gasteiger partial charge on any atom is 0.0652 e.